The van der Waals surface area contributed by atoms with Gasteiger partial charge in [-0.25, -0.2) is 4.79 Å². The van der Waals surface area contributed by atoms with E-state index in [9.17, 15) is 9.59 Å². The summed E-state index contributed by atoms with van der Waals surface area (Å²) >= 11 is 0. The van der Waals surface area contributed by atoms with E-state index in [1.54, 1.807) is 37.4 Å². The molecule has 2 N–H and O–H groups in total. The SMILES string of the molecule is CCN(CC)CCOc1ccc(C)c(NC(=O)Nc2cc(OC)c(OC)c(-c3ccc(C(C)=O)c(OC)c3)c2)c1. The number of urea groups is 1. The van der Waals surface area contributed by atoms with E-state index in [1.807, 2.05) is 25.1 Å². The molecule has 9 heteroatoms. The molecule has 0 unspecified atom stereocenters. The van der Waals surface area contributed by atoms with Gasteiger partial charge in [0.2, 0.25) is 0 Å². The summed E-state index contributed by atoms with van der Waals surface area (Å²) in [7, 11) is 4.58. The van der Waals surface area contributed by atoms with Crippen LogP contribution in [-0.2, 0) is 0 Å². The fourth-order valence-corrected chi connectivity index (χ4v) is 4.34. The quantitative estimate of drug-likeness (QED) is 0.243. The molecule has 40 heavy (non-hydrogen) atoms. The second kappa shape index (κ2) is 14.2. The molecular weight excluding hydrogens is 510 g/mol. The number of amides is 2. The molecule has 0 aromatic heterocycles. The lowest BCUT2D eigenvalue weighted by atomic mass is 9.99. The van der Waals surface area contributed by atoms with Crippen LogP contribution in [0.3, 0.4) is 0 Å². The van der Waals surface area contributed by atoms with Crippen molar-refractivity contribution in [3.8, 4) is 34.1 Å². The Bertz CT molecular complexity index is 1340. The first-order valence-electron chi connectivity index (χ1n) is 13.2. The second-order valence-corrected chi connectivity index (χ2v) is 9.16. The number of nitrogens with zero attached hydrogens (tertiary/aromatic N) is 1. The van der Waals surface area contributed by atoms with E-state index >= 15 is 0 Å². The highest BCUT2D eigenvalue weighted by Gasteiger charge is 2.18. The van der Waals surface area contributed by atoms with E-state index in [2.05, 4.69) is 29.4 Å². The minimum Gasteiger partial charge on any atom is -0.496 e. The zero-order chi connectivity index (χ0) is 29.2. The Morgan fingerprint density at radius 2 is 1.57 bits per heavy atom. The lowest BCUT2D eigenvalue weighted by Crippen LogP contribution is -2.27. The average molecular weight is 550 g/mol. The number of benzene rings is 3. The number of rotatable bonds is 13. The number of ketones is 1. The van der Waals surface area contributed by atoms with Crippen LogP contribution in [0.1, 0.15) is 36.7 Å². The number of aryl methyl sites for hydroxylation is 1. The minimum atomic E-state index is -0.425. The van der Waals surface area contributed by atoms with Crippen molar-refractivity contribution in [3.63, 3.8) is 0 Å². The van der Waals surface area contributed by atoms with Crippen LogP contribution in [-0.4, -0.2) is 64.3 Å². The van der Waals surface area contributed by atoms with Crippen LogP contribution < -0.4 is 29.6 Å². The third kappa shape index (κ3) is 7.45. The number of likely N-dealkylation sites (N-methyl/N-ethyl adjacent to an activating group) is 1. The second-order valence-electron chi connectivity index (χ2n) is 9.16. The molecule has 0 heterocycles. The van der Waals surface area contributed by atoms with Crippen LogP contribution >= 0.6 is 0 Å². The average Bonchev–Trinajstić information content (AvgIpc) is 2.95. The van der Waals surface area contributed by atoms with Crippen LogP contribution in [0.2, 0.25) is 0 Å². The van der Waals surface area contributed by atoms with E-state index in [-0.39, 0.29) is 5.78 Å². The van der Waals surface area contributed by atoms with Crippen molar-refractivity contribution in [2.75, 3.05) is 58.2 Å². The predicted molar refractivity (Wildman–Crippen MR) is 159 cm³/mol. The van der Waals surface area contributed by atoms with Gasteiger partial charge in [0.15, 0.2) is 17.3 Å². The third-order valence-corrected chi connectivity index (χ3v) is 6.66. The molecular formula is C31H39N3O6. The molecule has 0 aliphatic carbocycles. The number of ether oxygens (including phenoxy) is 4. The molecule has 0 fully saturated rings. The molecule has 0 atom stereocenters. The summed E-state index contributed by atoms with van der Waals surface area (Å²) in [6.45, 7) is 11.0. The van der Waals surface area contributed by atoms with Gasteiger partial charge < -0.3 is 34.5 Å². The number of hydrogen-bond acceptors (Lipinski definition) is 7. The molecule has 2 amide bonds. The molecule has 3 aromatic rings. The normalized spacial score (nSPS) is 10.7. The minimum absolute atomic E-state index is 0.103. The fraction of sp³-hybridized carbons (Fsp3) is 0.355. The van der Waals surface area contributed by atoms with Gasteiger partial charge in [0.25, 0.3) is 0 Å². The van der Waals surface area contributed by atoms with E-state index in [0.717, 1.165) is 30.8 Å². The van der Waals surface area contributed by atoms with Crippen LogP contribution in [0.25, 0.3) is 11.1 Å². The molecule has 0 saturated heterocycles. The standard InChI is InChI=1S/C31H39N3O6/c1-8-34(9-2)14-15-40-24-12-10-20(3)27(19-24)33-31(36)32-23-17-26(30(39-7)29(18-23)38-6)22-11-13-25(21(4)35)28(16-22)37-5/h10-13,16-19H,8-9,14-15H2,1-7H3,(H2,32,33,36). The number of carbonyl (C=O) groups excluding carboxylic acids is 2. The predicted octanol–water partition coefficient (Wildman–Crippen LogP) is 6.26. The Labute approximate surface area is 236 Å². The topological polar surface area (TPSA) is 98.4 Å². The highest BCUT2D eigenvalue weighted by molar-refractivity contribution is 6.01. The van der Waals surface area contributed by atoms with Crippen LogP contribution in [0.5, 0.6) is 23.0 Å². The van der Waals surface area contributed by atoms with E-state index in [1.165, 1.54) is 21.1 Å². The van der Waals surface area contributed by atoms with Crippen molar-refractivity contribution >= 4 is 23.2 Å². The smallest absolute Gasteiger partial charge is 0.323 e. The van der Waals surface area contributed by atoms with Gasteiger partial charge in [-0.3, -0.25) is 4.79 Å². The number of hydrogen-bond donors (Lipinski definition) is 2. The van der Waals surface area contributed by atoms with Gasteiger partial charge >= 0.3 is 6.03 Å². The lowest BCUT2D eigenvalue weighted by Gasteiger charge is -2.19. The summed E-state index contributed by atoms with van der Waals surface area (Å²) in [5, 5.41) is 5.80. The number of nitrogens with one attached hydrogen (secondary N) is 2. The van der Waals surface area contributed by atoms with Gasteiger partial charge in [-0.05, 0) is 62.3 Å². The van der Waals surface area contributed by atoms with Crippen LogP contribution in [0.4, 0.5) is 16.2 Å². The molecule has 0 radical (unpaired) electrons. The molecule has 0 aliphatic heterocycles. The summed E-state index contributed by atoms with van der Waals surface area (Å²) in [6, 6.07) is 13.9. The first-order valence-corrected chi connectivity index (χ1v) is 13.2. The van der Waals surface area contributed by atoms with Crippen molar-refractivity contribution in [2.45, 2.75) is 27.7 Å². The Morgan fingerprint density at radius 3 is 2.20 bits per heavy atom. The van der Waals surface area contributed by atoms with Gasteiger partial charge in [-0.15, -0.1) is 0 Å². The number of methoxy groups -OCH3 is 3. The monoisotopic (exact) mass is 549 g/mol. The lowest BCUT2D eigenvalue weighted by molar-refractivity contribution is 0.101. The number of Topliss-reactive ketones (excluding diaryl/α,β-unsaturated/α-hetero) is 1. The molecule has 0 aliphatic rings. The summed E-state index contributed by atoms with van der Waals surface area (Å²) in [5.41, 5.74) is 3.89. The zero-order valence-electron chi connectivity index (χ0n) is 24.3. The largest absolute Gasteiger partial charge is 0.496 e. The van der Waals surface area contributed by atoms with Crippen molar-refractivity contribution in [2.24, 2.45) is 0 Å². The number of anilines is 2. The van der Waals surface area contributed by atoms with Gasteiger partial charge in [0.1, 0.15) is 18.1 Å². The Hall–Kier alpha value is -4.24. The number of carbonyl (C=O) groups is 2. The van der Waals surface area contributed by atoms with Crippen molar-refractivity contribution < 1.29 is 28.5 Å². The van der Waals surface area contributed by atoms with Crippen LogP contribution in [0.15, 0.2) is 48.5 Å². The molecule has 9 nitrogen and oxygen atoms in total. The summed E-state index contributed by atoms with van der Waals surface area (Å²) in [5.74, 6) is 1.94. The molecule has 3 rings (SSSR count). The van der Waals surface area contributed by atoms with Gasteiger partial charge in [0.05, 0.1) is 26.9 Å². The van der Waals surface area contributed by atoms with Crippen LogP contribution in [0, 0.1) is 6.92 Å². The molecule has 3 aromatic carbocycles. The Kier molecular flexibility index (Phi) is 10.8. The summed E-state index contributed by atoms with van der Waals surface area (Å²) in [4.78, 5) is 27.3. The molecule has 214 valence electrons. The van der Waals surface area contributed by atoms with Gasteiger partial charge in [-0.1, -0.05) is 26.0 Å². The molecule has 0 spiro atoms. The van der Waals surface area contributed by atoms with Crippen molar-refractivity contribution in [1.82, 2.24) is 4.90 Å². The Balaban J connectivity index is 1.84. The first kappa shape index (κ1) is 30.3. The Morgan fingerprint density at radius 1 is 0.850 bits per heavy atom. The summed E-state index contributed by atoms with van der Waals surface area (Å²) in [6.07, 6.45) is 0. The highest BCUT2D eigenvalue weighted by Crippen LogP contribution is 2.42. The van der Waals surface area contributed by atoms with E-state index in [0.29, 0.717) is 52.1 Å². The summed E-state index contributed by atoms with van der Waals surface area (Å²) < 4.78 is 22.6. The highest BCUT2D eigenvalue weighted by atomic mass is 16.5. The maximum Gasteiger partial charge on any atom is 0.323 e. The van der Waals surface area contributed by atoms with Gasteiger partial charge in [-0.2, -0.15) is 0 Å². The van der Waals surface area contributed by atoms with Crippen molar-refractivity contribution in [1.29, 1.82) is 0 Å². The maximum atomic E-state index is 13.0. The third-order valence-electron chi connectivity index (χ3n) is 6.66. The molecule has 0 bridgehead atoms. The first-order chi connectivity index (χ1) is 19.2. The molecule has 0 saturated carbocycles. The fourth-order valence-electron chi connectivity index (χ4n) is 4.34. The van der Waals surface area contributed by atoms with E-state index < -0.39 is 6.03 Å². The zero-order valence-corrected chi connectivity index (χ0v) is 24.3. The van der Waals surface area contributed by atoms with Crippen molar-refractivity contribution in [3.05, 3.63) is 59.7 Å². The van der Waals surface area contributed by atoms with Gasteiger partial charge in [0, 0.05) is 35.6 Å². The van der Waals surface area contributed by atoms with E-state index in [4.69, 9.17) is 18.9 Å². The maximum absolute atomic E-state index is 13.0.